The number of nitrogens with one attached hydrogen (secondary N) is 1. The van der Waals surface area contributed by atoms with E-state index >= 15 is 0 Å². The number of pyridine rings is 1. The summed E-state index contributed by atoms with van der Waals surface area (Å²) in [5.74, 6) is 0.905. The number of benzene rings is 1. The zero-order chi connectivity index (χ0) is 19.3. The number of aromatic nitrogens is 3. The third-order valence-electron chi connectivity index (χ3n) is 5.31. The molecule has 3 heterocycles. The molecule has 1 N–H and O–H groups in total. The molecule has 4 rings (SSSR count). The Hall–Kier alpha value is -3.15. The maximum Gasteiger partial charge on any atom is 0.227 e. The maximum absolute atomic E-state index is 13.2. The van der Waals surface area contributed by atoms with Crippen LogP contribution in [0.3, 0.4) is 0 Å². The maximum atomic E-state index is 13.2. The third kappa shape index (κ3) is 3.76. The van der Waals surface area contributed by atoms with E-state index in [2.05, 4.69) is 15.2 Å². The van der Waals surface area contributed by atoms with E-state index in [4.69, 9.17) is 4.74 Å². The lowest BCUT2D eigenvalue weighted by molar-refractivity contribution is -0.134. The lowest BCUT2D eigenvalue weighted by Crippen LogP contribution is -2.39. The molecule has 1 aliphatic heterocycles. The highest BCUT2D eigenvalue weighted by molar-refractivity contribution is 5.80. The molecule has 1 amide bonds. The van der Waals surface area contributed by atoms with E-state index in [-0.39, 0.29) is 11.9 Å². The summed E-state index contributed by atoms with van der Waals surface area (Å²) in [7, 11) is 1.64. The van der Waals surface area contributed by atoms with E-state index in [1.165, 1.54) is 0 Å². The second-order valence-corrected chi connectivity index (χ2v) is 7.06. The summed E-state index contributed by atoms with van der Waals surface area (Å²) in [5, 5.41) is 7.43. The largest absolute Gasteiger partial charge is 0.497 e. The Morgan fingerprint density at radius 3 is 2.93 bits per heavy atom. The van der Waals surface area contributed by atoms with Crippen molar-refractivity contribution in [2.24, 2.45) is 0 Å². The van der Waals surface area contributed by atoms with Crippen LogP contribution < -0.4 is 4.74 Å². The molecule has 1 atom stereocenters. The number of ether oxygens (including phenoxy) is 1. The first-order chi connectivity index (χ1) is 13.8. The Bertz CT molecular complexity index is 938. The van der Waals surface area contributed by atoms with Crippen LogP contribution in [-0.2, 0) is 11.2 Å². The van der Waals surface area contributed by atoms with Crippen LogP contribution >= 0.6 is 0 Å². The molecule has 2 aromatic heterocycles. The van der Waals surface area contributed by atoms with Gasteiger partial charge in [0.15, 0.2) is 0 Å². The summed E-state index contributed by atoms with van der Waals surface area (Å²) in [6.45, 7) is 0.766. The SMILES string of the molecule is COc1cccc(CC(=O)N2CCCC[C@H]2c2[nH]ncc2-c2ccncc2)c1. The molecular weight excluding hydrogens is 352 g/mol. The first-order valence-electron chi connectivity index (χ1n) is 9.62. The Morgan fingerprint density at radius 2 is 2.11 bits per heavy atom. The van der Waals surface area contributed by atoms with Crippen LogP contribution in [0.2, 0.25) is 0 Å². The summed E-state index contributed by atoms with van der Waals surface area (Å²) in [5.41, 5.74) is 4.07. The average molecular weight is 376 g/mol. The average Bonchev–Trinajstić information content (AvgIpc) is 3.24. The van der Waals surface area contributed by atoms with Crippen LogP contribution in [0.25, 0.3) is 11.1 Å². The van der Waals surface area contributed by atoms with E-state index in [0.717, 1.165) is 53.9 Å². The first-order valence-corrected chi connectivity index (χ1v) is 9.62. The predicted molar refractivity (Wildman–Crippen MR) is 107 cm³/mol. The second kappa shape index (κ2) is 8.25. The molecular formula is C22H24N4O2. The fraction of sp³-hybridized carbons (Fsp3) is 0.318. The van der Waals surface area contributed by atoms with Gasteiger partial charge in [-0.1, -0.05) is 12.1 Å². The van der Waals surface area contributed by atoms with E-state index in [0.29, 0.717) is 6.42 Å². The monoisotopic (exact) mass is 376 g/mol. The molecule has 0 unspecified atom stereocenters. The van der Waals surface area contributed by atoms with Crippen LogP contribution in [-0.4, -0.2) is 39.6 Å². The van der Waals surface area contributed by atoms with Gasteiger partial charge in [0.05, 0.1) is 31.5 Å². The van der Waals surface area contributed by atoms with Crippen molar-refractivity contribution in [3.63, 3.8) is 0 Å². The molecule has 0 saturated carbocycles. The van der Waals surface area contributed by atoms with Gasteiger partial charge in [-0.05, 0) is 54.7 Å². The fourth-order valence-corrected chi connectivity index (χ4v) is 3.90. The molecule has 3 aromatic rings. The van der Waals surface area contributed by atoms with Crippen LogP contribution in [0, 0.1) is 0 Å². The van der Waals surface area contributed by atoms with Crippen molar-refractivity contribution in [1.29, 1.82) is 0 Å². The number of amides is 1. The number of carbonyl (C=O) groups is 1. The number of H-pyrrole nitrogens is 1. The Kier molecular flexibility index (Phi) is 5.37. The lowest BCUT2D eigenvalue weighted by atomic mass is 9.94. The molecule has 0 aliphatic carbocycles. The van der Waals surface area contributed by atoms with Crippen molar-refractivity contribution in [3.05, 3.63) is 66.2 Å². The molecule has 6 heteroatoms. The van der Waals surface area contributed by atoms with E-state index in [1.807, 2.05) is 47.5 Å². The number of carbonyl (C=O) groups excluding carboxylic acids is 1. The lowest BCUT2D eigenvalue weighted by Gasteiger charge is -2.36. The molecule has 6 nitrogen and oxygen atoms in total. The second-order valence-electron chi connectivity index (χ2n) is 7.06. The summed E-state index contributed by atoms with van der Waals surface area (Å²) >= 11 is 0. The molecule has 1 aliphatic rings. The normalized spacial score (nSPS) is 16.8. The van der Waals surface area contributed by atoms with Gasteiger partial charge in [0.25, 0.3) is 0 Å². The van der Waals surface area contributed by atoms with Crippen LogP contribution in [0.1, 0.15) is 36.6 Å². The van der Waals surface area contributed by atoms with Crippen molar-refractivity contribution in [2.75, 3.05) is 13.7 Å². The first kappa shape index (κ1) is 18.2. The minimum atomic E-state index is 0.0116. The van der Waals surface area contributed by atoms with Crippen LogP contribution in [0.15, 0.2) is 55.0 Å². The van der Waals surface area contributed by atoms with Crippen molar-refractivity contribution in [1.82, 2.24) is 20.1 Å². The number of rotatable bonds is 5. The fourth-order valence-electron chi connectivity index (χ4n) is 3.90. The predicted octanol–water partition coefficient (Wildman–Crippen LogP) is 3.78. The van der Waals surface area contributed by atoms with Crippen LogP contribution in [0.5, 0.6) is 5.75 Å². The highest BCUT2D eigenvalue weighted by Gasteiger charge is 2.31. The van der Waals surface area contributed by atoms with Gasteiger partial charge in [0, 0.05) is 24.5 Å². The topological polar surface area (TPSA) is 71.1 Å². The number of nitrogens with zero attached hydrogens (tertiary/aromatic N) is 3. The molecule has 1 saturated heterocycles. The third-order valence-corrected chi connectivity index (χ3v) is 5.31. The zero-order valence-corrected chi connectivity index (χ0v) is 16.0. The number of hydrogen-bond acceptors (Lipinski definition) is 4. The molecule has 1 aromatic carbocycles. The molecule has 28 heavy (non-hydrogen) atoms. The van der Waals surface area contributed by atoms with Crippen molar-refractivity contribution >= 4 is 5.91 Å². The Balaban J connectivity index is 1.59. The van der Waals surface area contributed by atoms with Gasteiger partial charge in [-0.3, -0.25) is 14.9 Å². The van der Waals surface area contributed by atoms with Gasteiger partial charge in [0.1, 0.15) is 5.75 Å². The van der Waals surface area contributed by atoms with Gasteiger partial charge in [0.2, 0.25) is 5.91 Å². The number of methoxy groups -OCH3 is 1. The van der Waals surface area contributed by atoms with Gasteiger partial charge in [-0.25, -0.2) is 0 Å². The zero-order valence-electron chi connectivity index (χ0n) is 16.0. The molecule has 0 bridgehead atoms. The highest BCUT2D eigenvalue weighted by Crippen LogP contribution is 2.35. The smallest absolute Gasteiger partial charge is 0.227 e. The number of aromatic amines is 1. The summed E-state index contributed by atoms with van der Waals surface area (Å²) in [6, 6.07) is 11.7. The van der Waals surface area contributed by atoms with Crippen molar-refractivity contribution in [3.8, 4) is 16.9 Å². The summed E-state index contributed by atoms with van der Waals surface area (Å²) in [6.07, 6.45) is 8.82. The molecule has 0 spiro atoms. The van der Waals surface area contributed by atoms with Gasteiger partial charge in [-0.2, -0.15) is 5.10 Å². The number of piperidine rings is 1. The standard InChI is InChI=1S/C22H24N4O2/c1-28-18-6-4-5-16(13-18)14-21(27)26-12-3-2-7-20(26)22-19(15-24-25-22)17-8-10-23-11-9-17/h4-6,8-11,13,15,20H,2-3,7,12,14H2,1H3,(H,24,25)/t20-/m0/s1. The highest BCUT2D eigenvalue weighted by atomic mass is 16.5. The van der Waals surface area contributed by atoms with Gasteiger partial charge in [-0.15, -0.1) is 0 Å². The quantitative estimate of drug-likeness (QED) is 0.736. The number of likely N-dealkylation sites (tertiary alicyclic amines) is 1. The Labute approximate surface area is 164 Å². The molecule has 0 radical (unpaired) electrons. The van der Waals surface area contributed by atoms with Crippen molar-refractivity contribution < 1.29 is 9.53 Å². The molecule has 1 fully saturated rings. The minimum absolute atomic E-state index is 0.0116. The van der Waals surface area contributed by atoms with Crippen LogP contribution in [0.4, 0.5) is 0 Å². The van der Waals surface area contributed by atoms with E-state index in [1.54, 1.807) is 19.5 Å². The van der Waals surface area contributed by atoms with Crippen molar-refractivity contribution in [2.45, 2.75) is 31.7 Å². The van der Waals surface area contributed by atoms with Gasteiger partial charge >= 0.3 is 0 Å². The minimum Gasteiger partial charge on any atom is -0.497 e. The summed E-state index contributed by atoms with van der Waals surface area (Å²) < 4.78 is 5.28. The van der Waals surface area contributed by atoms with E-state index < -0.39 is 0 Å². The number of hydrogen-bond donors (Lipinski definition) is 1. The Morgan fingerprint density at radius 1 is 1.25 bits per heavy atom. The van der Waals surface area contributed by atoms with E-state index in [9.17, 15) is 4.79 Å². The summed E-state index contributed by atoms with van der Waals surface area (Å²) in [4.78, 5) is 19.3. The molecule has 144 valence electrons. The van der Waals surface area contributed by atoms with Gasteiger partial charge < -0.3 is 9.64 Å².